The smallest absolute Gasteiger partial charge is 0.264 e. The van der Waals surface area contributed by atoms with E-state index in [0.29, 0.717) is 37.8 Å². The van der Waals surface area contributed by atoms with Gasteiger partial charge in [-0.05, 0) is 65.4 Å². The fraction of sp³-hybridized carbons (Fsp3) is 0.280. The minimum atomic E-state index is -0.250. The lowest BCUT2D eigenvalue weighted by Crippen LogP contribution is -2.49. The van der Waals surface area contributed by atoms with E-state index in [9.17, 15) is 10.1 Å². The average molecular weight is 543 g/mol. The number of carbonyl (C=O) groups excluding carboxylic acids is 1. The molecular weight excluding hydrogens is 517 g/mol. The van der Waals surface area contributed by atoms with Crippen molar-refractivity contribution in [1.82, 2.24) is 4.90 Å². The molecule has 2 aromatic rings. The Bertz CT molecular complexity index is 1020. The molecule has 0 aliphatic carbocycles. The zero-order valence-corrected chi connectivity index (χ0v) is 20.2. The predicted molar refractivity (Wildman–Crippen MR) is 135 cm³/mol. The van der Waals surface area contributed by atoms with Gasteiger partial charge in [-0.15, -0.1) is 0 Å². The molecule has 7 heteroatoms. The number of hydrogen-bond donors (Lipinski definition) is 0. The standard InChI is InChI=1S/C25H26IN3O3/c1-3-14-32-24-22(26)16-19(17-23(24)31-4-2)15-20(18-27)25(30)29-12-10-28(11-13-29)21-8-6-5-7-9-21/h3,5-9,15-17H,1,4,10-14H2,2H3/b20-15-. The summed E-state index contributed by atoms with van der Waals surface area (Å²) in [5, 5.41) is 9.69. The van der Waals surface area contributed by atoms with Crippen molar-refractivity contribution in [3.63, 3.8) is 0 Å². The van der Waals surface area contributed by atoms with Crippen molar-refractivity contribution in [1.29, 1.82) is 5.26 Å². The Kier molecular flexibility index (Phi) is 8.56. The molecule has 0 N–H and O–H groups in total. The zero-order valence-electron chi connectivity index (χ0n) is 18.1. The molecule has 0 saturated carbocycles. The molecule has 1 amide bonds. The third-order valence-electron chi connectivity index (χ3n) is 5.03. The van der Waals surface area contributed by atoms with Gasteiger partial charge in [0.15, 0.2) is 11.5 Å². The lowest BCUT2D eigenvalue weighted by atomic mass is 10.1. The molecule has 0 unspecified atom stereocenters. The summed E-state index contributed by atoms with van der Waals surface area (Å²) in [7, 11) is 0. The summed E-state index contributed by atoms with van der Waals surface area (Å²) in [6.07, 6.45) is 3.29. The Morgan fingerprint density at radius 3 is 2.53 bits per heavy atom. The molecule has 1 fully saturated rings. The van der Waals surface area contributed by atoms with Crippen LogP contribution in [-0.2, 0) is 4.79 Å². The highest BCUT2D eigenvalue weighted by atomic mass is 127. The first-order valence-electron chi connectivity index (χ1n) is 10.5. The van der Waals surface area contributed by atoms with Gasteiger partial charge in [0, 0.05) is 31.9 Å². The summed E-state index contributed by atoms with van der Waals surface area (Å²) in [6.45, 7) is 9.02. The normalized spacial score (nSPS) is 14.0. The first-order chi connectivity index (χ1) is 15.6. The molecular formula is C25H26IN3O3. The molecule has 2 aromatic carbocycles. The summed E-state index contributed by atoms with van der Waals surface area (Å²) in [6, 6.07) is 15.9. The average Bonchev–Trinajstić information content (AvgIpc) is 2.82. The SMILES string of the molecule is C=CCOc1c(I)cc(/C=C(/C#N)C(=O)N2CCN(c3ccccc3)CC2)cc1OCC. The number of benzene rings is 2. The van der Waals surface area contributed by atoms with Crippen molar-refractivity contribution < 1.29 is 14.3 Å². The van der Waals surface area contributed by atoms with Crippen LogP contribution in [0.25, 0.3) is 6.08 Å². The minimum absolute atomic E-state index is 0.108. The molecule has 1 saturated heterocycles. The second kappa shape index (κ2) is 11.6. The van der Waals surface area contributed by atoms with E-state index < -0.39 is 0 Å². The molecule has 0 atom stereocenters. The number of rotatable bonds is 8. The third kappa shape index (κ3) is 5.82. The van der Waals surface area contributed by atoms with Gasteiger partial charge >= 0.3 is 0 Å². The molecule has 1 aliphatic heterocycles. The fourth-order valence-electron chi connectivity index (χ4n) is 3.50. The zero-order chi connectivity index (χ0) is 22.9. The van der Waals surface area contributed by atoms with Gasteiger partial charge in [-0.2, -0.15) is 5.26 Å². The Labute approximate surface area is 202 Å². The van der Waals surface area contributed by atoms with Crippen LogP contribution in [0.1, 0.15) is 12.5 Å². The van der Waals surface area contributed by atoms with Crippen molar-refractivity contribution >= 4 is 40.3 Å². The van der Waals surface area contributed by atoms with Crippen LogP contribution in [0.4, 0.5) is 5.69 Å². The van der Waals surface area contributed by atoms with Crippen LogP contribution in [0.15, 0.2) is 60.7 Å². The third-order valence-corrected chi connectivity index (χ3v) is 5.83. The number of anilines is 1. The van der Waals surface area contributed by atoms with Crippen molar-refractivity contribution in [2.75, 3.05) is 44.3 Å². The van der Waals surface area contributed by atoms with Gasteiger partial charge in [0.05, 0.1) is 10.2 Å². The van der Waals surface area contributed by atoms with Crippen LogP contribution in [0.5, 0.6) is 11.5 Å². The highest BCUT2D eigenvalue weighted by Gasteiger charge is 2.24. The first kappa shape index (κ1) is 23.7. The summed E-state index contributed by atoms with van der Waals surface area (Å²) in [4.78, 5) is 17.0. The lowest BCUT2D eigenvalue weighted by molar-refractivity contribution is -0.126. The lowest BCUT2D eigenvalue weighted by Gasteiger charge is -2.36. The summed E-state index contributed by atoms with van der Waals surface area (Å²) in [5.41, 5.74) is 1.97. The molecule has 32 heavy (non-hydrogen) atoms. The van der Waals surface area contributed by atoms with E-state index in [4.69, 9.17) is 9.47 Å². The number of ether oxygens (including phenoxy) is 2. The predicted octanol–water partition coefficient (Wildman–Crippen LogP) is 4.51. The van der Waals surface area contributed by atoms with Crippen LogP contribution in [0, 0.1) is 14.9 Å². The maximum absolute atomic E-state index is 13.0. The summed E-state index contributed by atoms with van der Waals surface area (Å²) in [5.74, 6) is 0.959. The van der Waals surface area contributed by atoms with Gasteiger partial charge in [0.2, 0.25) is 0 Å². The number of carbonyl (C=O) groups is 1. The number of hydrogen-bond acceptors (Lipinski definition) is 5. The highest BCUT2D eigenvalue weighted by Crippen LogP contribution is 2.35. The molecule has 0 spiro atoms. The van der Waals surface area contributed by atoms with Gasteiger partial charge in [-0.3, -0.25) is 4.79 Å². The second-order valence-electron chi connectivity index (χ2n) is 7.15. The molecule has 1 aliphatic rings. The van der Waals surface area contributed by atoms with Crippen LogP contribution in [0.2, 0.25) is 0 Å². The number of para-hydroxylation sites is 1. The molecule has 1 heterocycles. The van der Waals surface area contributed by atoms with Gasteiger partial charge in [0.25, 0.3) is 5.91 Å². The first-order valence-corrected chi connectivity index (χ1v) is 11.6. The molecule has 0 aromatic heterocycles. The van der Waals surface area contributed by atoms with Gasteiger partial charge in [-0.25, -0.2) is 0 Å². The molecule has 0 bridgehead atoms. The van der Waals surface area contributed by atoms with E-state index in [1.165, 1.54) is 0 Å². The van der Waals surface area contributed by atoms with Gasteiger partial charge < -0.3 is 19.3 Å². The number of nitrogens with zero attached hydrogens (tertiary/aromatic N) is 3. The molecule has 6 nitrogen and oxygen atoms in total. The Morgan fingerprint density at radius 1 is 1.19 bits per heavy atom. The second-order valence-corrected chi connectivity index (χ2v) is 8.31. The van der Waals surface area contributed by atoms with E-state index in [-0.39, 0.29) is 11.5 Å². The molecule has 0 radical (unpaired) electrons. The highest BCUT2D eigenvalue weighted by molar-refractivity contribution is 14.1. The monoisotopic (exact) mass is 543 g/mol. The topological polar surface area (TPSA) is 65.8 Å². The summed E-state index contributed by atoms with van der Waals surface area (Å²) >= 11 is 2.17. The van der Waals surface area contributed by atoms with Crippen LogP contribution in [0.3, 0.4) is 0 Å². The van der Waals surface area contributed by atoms with Crippen LogP contribution in [-0.4, -0.2) is 50.2 Å². The van der Waals surface area contributed by atoms with E-state index in [0.717, 1.165) is 27.9 Å². The maximum atomic E-state index is 13.0. The Morgan fingerprint density at radius 2 is 1.91 bits per heavy atom. The molecule has 166 valence electrons. The van der Waals surface area contributed by atoms with Crippen molar-refractivity contribution in [3.05, 3.63) is 69.8 Å². The number of piperazine rings is 1. The largest absolute Gasteiger partial charge is 0.490 e. The van der Waals surface area contributed by atoms with Crippen molar-refractivity contribution in [2.45, 2.75) is 6.92 Å². The van der Waals surface area contributed by atoms with E-state index in [1.807, 2.05) is 31.2 Å². The Balaban J connectivity index is 1.76. The van der Waals surface area contributed by atoms with Crippen LogP contribution < -0.4 is 14.4 Å². The van der Waals surface area contributed by atoms with E-state index in [1.54, 1.807) is 23.1 Å². The van der Waals surface area contributed by atoms with E-state index >= 15 is 0 Å². The maximum Gasteiger partial charge on any atom is 0.264 e. The quantitative estimate of drug-likeness (QED) is 0.212. The number of nitriles is 1. The number of amides is 1. The minimum Gasteiger partial charge on any atom is -0.490 e. The van der Waals surface area contributed by atoms with E-state index in [2.05, 4.69) is 52.3 Å². The Hall–Kier alpha value is -2.99. The summed E-state index contributed by atoms with van der Waals surface area (Å²) < 4.78 is 12.3. The van der Waals surface area contributed by atoms with Crippen LogP contribution >= 0.6 is 22.6 Å². The molecule has 3 rings (SSSR count). The van der Waals surface area contributed by atoms with Crippen molar-refractivity contribution in [2.24, 2.45) is 0 Å². The van der Waals surface area contributed by atoms with Gasteiger partial charge in [0.1, 0.15) is 18.2 Å². The van der Waals surface area contributed by atoms with Crippen molar-refractivity contribution in [3.8, 4) is 17.6 Å². The number of halogens is 1. The van der Waals surface area contributed by atoms with Gasteiger partial charge in [-0.1, -0.05) is 30.9 Å². The fourth-order valence-corrected chi connectivity index (χ4v) is 4.28.